The van der Waals surface area contributed by atoms with Crippen molar-refractivity contribution in [2.75, 3.05) is 19.8 Å². The zero-order valence-electron chi connectivity index (χ0n) is 6.09. The van der Waals surface area contributed by atoms with Gasteiger partial charge in [-0.2, -0.15) is 9.35 Å². The summed E-state index contributed by atoms with van der Waals surface area (Å²) in [5, 5.41) is 1.58. The standard InChI is InChI=1S/C5H13NO2S/c1-4-5-6(2)8-9(3)7/h4-5H2,1-3H3. The predicted octanol–water partition coefficient (Wildman–Crippen LogP) is 0.553. The summed E-state index contributed by atoms with van der Waals surface area (Å²) >= 11 is -1.17. The highest BCUT2D eigenvalue weighted by Gasteiger charge is 1.96. The highest BCUT2D eigenvalue weighted by atomic mass is 32.2. The molecule has 0 N–H and O–H groups in total. The van der Waals surface area contributed by atoms with Gasteiger partial charge in [-0.3, -0.25) is 0 Å². The average Bonchev–Trinajstić information content (AvgIpc) is 1.63. The van der Waals surface area contributed by atoms with Crippen molar-refractivity contribution in [3.8, 4) is 0 Å². The second-order valence-electron chi connectivity index (χ2n) is 1.83. The maximum absolute atomic E-state index is 10.4. The topological polar surface area (TPSA) is 29.5 Å². The monoisotopic (exact) mass is 151 g/mol. The summed E-state index contributed by atoms with van der Waals surface area (Å²) < 4.78 is 15.2. The van der Waals surface area contributed by atoms with Gasteiger partial charge in [0.1, 0.15) is 0 Å². The summed E-state index contributed by atoms with van der Waals surface area (Å²) in [7, 11) is 1.77. The quantitative estimate of drug-likeness (QED) is 0.550. The number of nitrogens with zero attached hydrogens (tertiary/aromatic N) is 1. The van der Waals surface area contributed by atoms with Gasteiger partial charge in [0.25, 0.3) is 0 Å². The minimum absolute atomic E-state index is 0.819. The van der Waals surface area contributed by atoms with Gasteiger partial charge in [-0.1, -0.05) is 6.92 Å². The molecular formula is C5H13NO2S. The van der Waals surface area contributed by atoms with Crippen molar-refractivity contribution < 1.29 is 8.49 Å². The molecule has 56 valence electrons. The summed E-state index contributed by atoms with van der Waals surface area (Å²) in [6, 6.07) is 0. The molecule has 0 aromatic heterocycles. The van der Waals surface area contributed by atoms with Crippen LogP contribution in [0.25, 0.3) is 0 Å². The van der Waals surface area contributed by atoms with Crippen LogP contribution in [-0.4, -0.2) is 29.1 Å². The lowest BCUT2D eigenvalue weighted by molar-refractivity contribution is -0.0151. The highest BCUT2D eigenvalue weighted by Crippen LogP contribution is 1.89. The van der Waals surface area contributed by atoms with Crippen molar-refractivity contribution in [3.05, 3.63) is 0 Å². The Morgan fingerprint density at radius 1 is 1.67 bits per heavy atom. The minimum Gasteiger partial charge on any atom is -0.228 e. The van der Waals surface area contributed by atoms with E-state index >= 15 is 0 Å². The first-order valence-corrected chi connectivity index (χ1v) is 4.38. The van der Waals surface area contributed by atoms with Crippen molar-refractivity contribution in [3.63, 3.8) is 0 Å². The summed E-state index contributed by atoms with van der Waals surface area (Å²) in [4.78, 5) is 0. The molecule has 0 saturated heterocycles. The van der Waals surface area contributed by atoms with Crippen LogP contribution in [0.5, 0.6) is 0 Å². The van der Waals surface area contributed by atoms with Crippen LogP contribution >= 0.6 is 0 Å². The van der Waals surface area contributed by atoms with Gasteiger partial charge >= 0.3 is 0 Å². The number of hydrogen-bond donors (Lipinski definition) is 0. The Morgan fingerprint density at radius 2 is 2.22 bits per heavy atom. The van der Waals surface area contributed by atoms with E-state index in [2.05, 4.69) is 0 Å². The maximum Gasteiger partial charge on any atom is 0.170 e. The van der Waals surface area contributed by atoms with Crippen molar-refractivity contribution in [2.45, 2.75) is 13.3 Å². The van der Waals surface area contributed by atoms with Gasteiger partial charge < -0.3 is 0 Å². The van der Waals surface area contributed by atoms with E-state index in [0.29, 0.717) is 0 Å². The lowest BCUT2D eigenvalue weighted by atomic mass is 10.5. The lowest BCUT2D eigenvalue weighted by Gasteiger charge is -2.11. The Balaban J connectivity index is 3.26. The highest BCUT2D eigenvalue weighted by molar-refractivity contribution is 7.79. The lowest BCUT2D eigenvalue weighted by Crippen LogP contribution is -2.20. The van der Waals surface area contributed by atoms with Crippen LogP contribution in [0.2, 0.25) is 0 Å². The van der Waals surface area contributed by atoms with Crippen LogP contribution < -0.4 is 0 Å². The van der Waals surface area contributed by atoms with E-state index in [0.717, 1.165) is 13.0 Å². The van der Waals surface area contributed by atoms with Gasteiger partial charge in [0.2, 0.25) is 0 Å². The van der Waals surface area contributed by atoms with Crippen LogP contribution in [0.3, 0.4) is 0 Å². The molecule has 1 unspecified atom stereocenters. The van der Waals surface area contributed by atoms with Gasteiger partial charge in [-0.15, -0.1) is 0 Å². The Morgan fingerprint density at radius 3 is 2.56 bits per heavy atom. The molecule has 0 heterocycles. The second kappa shape index (κ2) is 4.90. The van der Waals surface area contributed by atoms with Gasteiger partial charge in [-0.25, -0.2) is 4.21 Å². The molecule has 4 heteroatoms. The van der Waals surface area contributed by atoms with E-state index in [-0.39, 0.29) is 0 Å². The van der Waals surface area contributed by atoms with E-state index in [1.54, 1.807) is 12.1 Å². The molecule has 0 aliphatic heterocycles. The van der Waals surface area contributed by atoms with Crippen molar-refractivity contribution in [1.29, 1.82) is 0 Å². The van der Waals surface area contributed by atoms with Gasteiger partial charge in [0, 0.05) is 19.8 Å². The molecule has 0 amide bonds. The van der Waals surface area contributed by atoms with Crippen LogP contribution in [-0.2, 0) is 15.4 Å². The van der Waals surface area contributed by atoms with Crippen LogP contribution in [0.15, 0.2) is 0 Å². The smallest absolute Gasteiger partial charge is 0.170 e. The Labute approximate surface area is 58.6 Å². The summed E-state index contributed by atoms with van der Waals surface area (Å²) in [6.45, 7) is 2.86. The SMILES string of the molecule is CCCN(C)OS(C)=O. The number of rotatable bonds is 4. The molecule has 0 aromatic rings. The Bertz CT molecular complexity index is 97.0. The van der Waals surface area contributed by atoms with E-state index in [1.165, 1.54) is 6.26 Å². The van der Waals surface area contributed by atoms with Crippen LogP contribution in [0.1, 0.15) is 13.3 Å². The molecular weight excluding hydrogens is 138 g/mol. The molecule has 0 rings (SSSR count). The molecule has 0 aliphatic rings. The summed E-state index contributed by atoms with van der Waals surface area (Å²) in [5.74, 6) is 0. The molecule has 0 bridgehead atoms. The van der Waals surface area contributed by atoms with E-state index in [9.17, 15) is 4.21 Å². The normalized spacial score (nSPS) is 14.2. The zero-order chi connectivity index (χ0) is 7.28. The first kappa shape index (κ1) is 9.07. The molecule has 0 aromatic carbocycles. The van der Waals surface area contributed by atoms with E-state index in [1.807, 2.05) is 6.92 Å². The molecule has 0 aliphatic carbocycles. The zero-order valence-corrected chi connectivity index (χ0v) is 6.90. The van der Waals surface area contributed by atoms with Gasteiger partial charge in [-0.05, 0) is 6.42 Å². The Kier molecular flexibility index (Phi) is 4.94. The predicted molar refractivity (Wildman–Crippen MR) is 38.1 cm³/mol. The fraction of sp³-hybridized carbons (Fsp3) is 1.00. The first-order valence-electron chi connectivity index (χ1n) is 2.89. The van der Waals surface area contributed by atoms with Gasteiger partial charge in [0.05, 0.1) is 0 Å². The third-order valence-electron chi connectivity index (χ3n) is 0.771. The maximum atomic E-state index is 10.4. The average molecular weight is 151 g/mol. The molecule has 0 saturated carbocycles. The van der Waals surface area contributed by atoms with Crippen LogP contribution in [0, 0.1) is 0 Å². The molecule has 1 atom stereocenters. The fourth-order valence-corrected chi connectivity index (χ4v) is 0.964. The minimum atomic E-state index is -1.17. The number of hydrogen-bond acceptors (Lipinski definition) is 3. The Hall–Kier alpha value is 0.0700. The molecule has 3 nitrogen and oxygen atoms in total. The van der Waals surface area contributed by atoms with Crippen molar-refractivity contribution >= 4 is 11.1 Å². The fourth-order valence-electron chi connectivity index (χ4n) is 0.531. The summed E-state index contributed by atoms with van der Waals surface area (Å²) in [6.07, 6.45) is 2.51. The summed E-state index contributed by atoms with van der Waals surface area (Å²) in [5.41, 5.74) is 0. The second-order valence-corrected chi connectivity index (χ2v) is 2.78. The van der Waals surface area contributed by atoms with Crippen molar-refractivity contribution in [1.82, 2.24) is 5.06 Å². The van der Waals surface area contributed by atoms with Crippen LogP contribution in [0.4, 0.5) is 0 Å². The molecule has 0 fully saturated rings. The first-order chi connectivity index (χ1) is 4.16. The molecule has 0 spiro atoms. The third-order valence-corrected chi connectivity index (χ3v) is 1.24. The molecule has 9 heavy (non-hydrogen) atoms. The van der Waals surface area contributed by atoms with Crippen molar-refractivity contribution in [2.24, 2.45) is 0 Å². The van der Waals surface area contributed by atoms with E-state index < -0.39 is 11.1 Å². The number of hydroxylamine groups is 2. The third kappa shape index (κ3) is 5.95. The van der Waals surface area contributed by atoms with E-state index in [4.69, 9.17) is 4.28 Å². The van der Waals surface area contributed by atoms with Gasteiger partial charge in [0.15, 0.2) is 11.1 Å². The molecule has 0 radical (unpaired) electrons. The largest absolute Gasteiger partial charge is 0.228 e.